The first-order valence-corrected chi connectivity index (χ1v) is 6.83. The highest BCUT2D eigenvalue weighted by molar-refractivity contribution is 5.77. The first kappa shape index (κ1) is 13.1. The lowest BCUT2D eigenvalue weighted by Crippen LogP contribution is -2.16. The Morgan fingerprint density at radius 3 is 2.75 bits per heavy atom. The van der Waals surface area contributed by atoms with E-state index in [4.69, 9.17) is 10.5 Å². The first-order chi connectivity index (χ1) is 9.66. The number of aryl methyl sites for hydroxylation is 1. The molecule has 0 spiro atoms. The number of nitrogens with zero attached hydrogens (tertiary/aromatic N) is 2. The minimum Gasteiger partial charge on any atom is -0.383 e. The molecule has 3 rings (SSSR count). The molecule has 1 aromatic heterocycles. The van der Waals surface area contributed by atoms with Gasteiger partial charge in [-0.3, -0.25) is 4.68 Å². The molecule has 20 heavy (non-hydrogen) atoms. The van der Waals surface area contributed by atoms with E-state index in [2.05, 4.69) is 5.10 Å². The quantitative estimate of drug-likeness (QED) is 0.916. The van der Waals surface area contributed by atoms with Crippen molar-refractivity contribution >= 4 is 5.82 Å². The molecule has 2 heterocycles. The minimum absolute atomic E-state index is 0.251. The molecule has 1 aliphatic rings. The van der Waals surface area contributed by atoms with Crippen LogP contribution in [0, 0.1) is 5.82 Å². The summed E-state index contributed by atoms with van der Waals surface area (Å²) in [6, 6.07) is 6.39. The van der Waals surface area contributed by atoms with Crippen molar-refractivity contribution in [2.75, 3.05) is 18.9 Å². The molecule has 0 aliphatic carbocycles. The van der Waals surface area contributed by atoms with Crippen molar-refractivity contribution in [3.8, 4) is 11.1 Å². The van der Waals surface area contributed by atoms with Gasteiger partial charge in [-0.15, -0.1) is 0 Å². The Morgan fingerprint density at radius 1 is 1.35 bits per heavy atom. The van der Waals surface area contributed by atoms with Crippen molar-refractivity contribution in [3.63, 3.8) is 0 Å². The number of anilines is 1. The number of rotatable bonds is 2. The highest BCUT2D eigenvalue weighted by atomic mass is 19.1. The average molecular weight is 275 g/mol. The van der Waals surface area contributed by atoms with Gasteiger partial charge in [0.05, 0.1) is 12.3 Å². The summed E-state index contributed by atoms with van der Waals surface area (Å²) >= 11 is 0. The molecule has 0 amide bonds. The fraction of sp³-hybridized carbons (Fsp3) is 0.400. The molecule has 5 heteroatoms. The number of nitrogens with two attached hydrogens (primary N) is 1. The zero-order valence-corrected chi connectivity index (χ0v) is 11.5. The van der Waals surface area contributed by atoms with Crippen LogP contribution in [-0.2, 0) is 11.8 Å². The number of hydrogen-bond donors (Lipinski definition) is 1. The van der Waals surface area contributed by atoms with Gasteiger partial charge in [0.25, 0.3) is 0 Å². The van der Waals surface area contributed by atoms with Crippen molar-refractivity contribution in [3.05, 3.63) is 35.8 Å². The number of hydrogen-bond acceptors (Lipinski definition) is 3. The van der Waals surface area contributed by atoms with Crippen LogP contribution >= 0.6 is 0 Å². The molecule has 1 unspecified atom stereocenters. The maximum atomic E-state index is 13.1. The Morgan fingerprint density at radius 2 is 2.10 bits per heavy atom. The summed E-state index contributed by atoms with van der Waals surface area (Å²) in [5, 5.41) is 4.55. The second kappa shape index (κ2) is 5.25. The van der Waals surface area contributed by atoms with Crippen LogP contribution in [0.15, 0.2) is 24.3 Å². The van der Waals surface area contributed by atoms with Crippen molar-refractivity contribution in [2.45, 2.75) is 18.8 Å². The number of benzene rings is 1. The van der Waals surface area contributed by atoms with E-state index in [0.717, 1.165) is 36.3 Å². The van der Waals surface area contributed by atoms with Gasteiger partial charge in [-0.05, 0) is 30.5 Å². The van der Waals surface area contributed by atoms with Gasteiger partial charge in [-0.25, -0.2) is 4.39 Å². The normalized spacial score (nSPS) is 19.2. The monoisotopic (exact) mass is 275 g/mol. The summed E-state index contributed by atoms with van der Waals surface area (Å²) in [6.45, 7) is 1.48. The zero-order valence-electron chi connectivity index (χ0n) is 11.5. The van der Waals surface area contributed by atoms with E-state index in [1.807, 2.05) is 7.05 Å². The molecule has 1 aliphatic heterocycles. The molecular formula is C15H18FN3O. The van der Waals surface area contributed by atoms with Gasteiger partial charge in [0.15, 0.2) is 0 Å². The third kappa shape index (κ3) is 2.29. The summed E-state index contributed by atoms with van der Waals surface area (Å²) in [4.78, 5) is 0. The number of aromatic nitrogens is 2. The Kier molecular flexibility index (Phi) is 3.44. The van der Waals surface area contributed by atoms with Crippen LogP contribution in [0.3, 0.4) is 0 Å². The molecule has 1 fully saturated rings. The summed E-state index contributed by atoms with van der Waals surface area (Å²) < 4.78 is 20.3. The summed E-state index contributed by atoms with van der Waals surface area (Å²) in [5.74, 6) is 0.614. The summed E-state index contributed by atoms with van der Waals surface area (Å²) in [7, 11) is 1.83. The van der Waals surface area contributed by atoms with Crippen LogP contribution in [0.5, 0.6) is 0 Å². The molecule has 106 valence electrons. The third-order valence-corrected chi connectivity index (χ3v) is 3.80. The molecule has 1 atom stereocenters. The van der Waals surface area contributed by atoms with Crippen LogP contribution in [0.1, 0.15) is 24.5 Å². The largest absolute Gasteiger partial charge is 0.383 e. The number of ether oxygens (including phenoxy) is 1. The Balaban J connectivity index is 2.06. The molecule has 0 saturated carbocycles. The smallest absolute Gasteiger partial charge is 0.129 e. The molecule has 0 radical (unpaired) electrons. The number of nitrogen functional groups attached to an aromatic ring is 1. The fourth-order valence-corrected chi connectivity index (χ4v) is 2.71. The van der Waals surface area contributed by atoms with Gasteiger partial charge in [0.1, 0.15) is 11.6 Å². The standard InChI is InChI=1S/C15H18FN3O/c1-19-15(17)13(10-4-6-12(16)7-5-10)14(18-19)11-3-2-8-20-9-11/h4-7,11H,2-3,8-9,17H2,1H3. The summed E-state index contributed by atoms with van der Waals surface area (Å²) in [5.41, 5.74) is 8.91. The molecule has 2 N–H and O–H groups in total. The van der Waals surface area contributed by atoms with Gasteiger partial charge in [0, 0.05) is 25.1 Å². The predicted molar refractivity (Wildman–Crippen MR) is 75.8 cm³/mol. The minimum atomic E-state index is -0.251. The van der Waals surface area contributed by atoms with Crippen LogP contribution in [0.25, 0.3) is 11.1 Å². The van der Waals surface area contributed by atoms with E-state index in [-0.39, 0.29) is 11.7 Å². The van der Waals surface area contributed by atoms with Crippen LogP contribution in [-0.4, -0.2) is 23.0 Å². The number of halogens is 1. The van der Waals surface area contributed by atoms with Crippen LogP contribution < -0.4 is 5.73 Å². The second-order valence-electron chi connectivity index (χ2n) is 5.19. The topological polar surface area (TPSA) is 53.1 Å². The van der Waals surface area contributed by atoms with Crippen molar-refractivity contribution in [1.29, 1.82) is 0 Å². The Hall–Kier alpha value is -1.88. The van der Waals surface area contributed by atoms with E-state index in [1.165, 1.54) is 12.1 Å². The molecule has 0 bridgehead atoms. The van der Waals surface area contributed by atoms with E-state index >= 15 is 0 Å². The predicted octanol–water partition coefficient (Wildman–Crippen LogP) is 2.70. The average Bonchev–Trinajstić information content (AvgIpc) is 2.77. The molecular weight excluding hydrogens is 257 g/mol. The van der Waals surface area contributed by atoms with Crippen LogP contribution in [0.2, 0.25) is 0 Å². The Labute approximate surface area is 117 Å². The highest BCUT2D eigenvalue weighted by Gasteiger charge is 2.25. The molecule has 2 aromatic rings. The second-order valence-corrected chi connectivity index (χ2v) is 5.19. The van der Waals surface area contributed by atoms with Gasteiger partial charge < -0.3 is 10.5 Å². The van der Waals surface area contributed by atoms with Gasteiger partial charge >= 0.3 is 0 Å². The van der Waals surface area contributed by atoms with E-state index in [9.17, 15) is 4.39 Å². The van der Waals surface area contributed by atoms with E-state index in [1.54, 1.807) is 16.8 Å². The first-order valence-electron chi connectivity index (χ1n) is 6.83. The zero-order chi connectivity index (χ0) is 14.1. The molecule has 4 nitrogen and oxygen atoms in total. The van der Waals surface area contributed by atoms with Crippen LogP contribution in [0.4, 0.5) is 10.2 Å². The lowest BCUT2D eigenvalue weighted by molar-refractivity contribution is 0.0793. The molecule has 1 saturated heterocycles. The maximum absolute atomic E-state index is 13.1. The van der Waals surface area contributed by atoms with E-state index in [0.29, 0.717) is 12.4 Å². The lowest BCUT2D eigenvalue weighted by atomic mass is 9.92. The van der Waals surface area contributed by atoms with Crippen molar-refractivity contribution < 1.29 is 9.13 Å². The van der Waals surface area contributed by atoms with E-state index < -0.39 is 0 Å². The third-order valence-electron chi connectivity index (χ3n) is 3.80. The Bertz CT molecular complexity index is 600. The highest BCUT2D eigenvalue weighted by Crippen LogP contribution is 2.36. The van der Waals surface area contributed by atoms with Gasteiger partial charge in [0.2, 0.25) is 0 Å². The van der Waals surface area contributed by atoms with Gasteiger partial charge in [-0.1, -0.05) is 12.1 Å². The fourth-order valence-electron chi connectivity index (χ4n) is 2.71. The maximum Gasteiger partial charge on any atom is 0.129 e. The SMILES string of the molecule is Cn1nc(C2CCCOC2)c(-c2ccc(F)cc2)c1N. The van der Waals surface area contributed by atoms with Crippen molar-refractivity contribution in [1.82, 2.24) is 9.78 Å². The van der Waals surface area contributed by atoms with Gasteiger partial charge in [-0.2, -0.15) is 5.10 Å². The molecule has 1 aromatic carbocycles. The van der Waals surface area contributed by atoms with Crippen molar-refractivity contribution in [2.24, 2.45) is 7.05 Å². The summed E-state index contributed by atoms with van der Waals surface area (Å²) in [6.07, 6.45) is 2.08. The lowest BCUT2D eigenvalue weighted by Gasteiger charge is -2.21.